The predicted octanol–water partition coefficient (Wildman–Crippen LogP) is 3.20. The molecule has 1 aliphatic carbocycles. The quantitative estimate of drug-likeness (QED) is 0.897. The molecule has 1 unspecified atom stereocenters. The zero-order chi connectivity index (χ0) is 14.6. The summed E-state index contributed by atoms with van der Waals surface area (Å²) in [6, 6.07) is 4.22. The topological polar surface area (TPSA) is 42.2 Å². The molecule has 0 aromatic carbocycles. The highest BCUT2D eigenvalue weighted by atomic mass is 15.2. The largest absolute Gasteiger partial charge is 0.329 e. The monoisotopic (exact) mass is 275 g/mol. The van der Waals surface area contributed by atoms with Crippen LogP contribution < -0.4 is 5.73 Å². The van der Waals surface area contributed by atoms with Gasteiger partial charge in [-0.15, -0.1) is 0 Å². The summed E-state index contributed by atoms with van der Waals surface area (Å²) in [5, 5.41) is 0. The smallest absolute Gasteiger partial charge is 0.0340 e. The van der Waals surface area contributed by atoms with Crippen LogP contribution in [0.4, 0.5) is 0 Å². The molecule has 1 aromatic heterocycles. The molecule has 0 aliphatic heterocycles. The van der Waals surface area contributed by atoms with Gasteiger partial charge in [0.15, 0.2) is 0 Å². The van der Waals surface area contributed by atoms with Crippen LogP contribution in [0.3, 0.4) is 0 Å². The maximum atomic E-state index is 6.24. The van der Waals surface area contributed by atoms with Crippen LogP contribution in [0.25, 0.3) is 0 Å². The molecule has 0 bridgehead atoms. The van der Waals surface area contributed by atoms with Gasteiger partial charge in [0.2, 0.25) is 0 Å². The van der Waals surface area contributed by atoms with Gasteiger partial charge in [-0.25, -0.2) is 0 Å². The third-order valence-corrected chi connectivity index (χ3v) is 4.86. The van der Waals surface area contributed by atoms with Gasteiger partial charge in [0.1, 0.15) is 0 Å². The fourth-order valence-electron chi connectivity index (χ4n) is 3.86. The summed E-state index contributed by atoms with van der Waals surface area (Å²) in [5.41, 5.74) is 8.14. The SMILES string of the molecule is CCN(Cc1ccncc1)C1(CN)CCCC(C)(C)C1. The molecule has 1 fully saturated rings. The lowest BCUT2D eigenvalue weighted by molar-refractivity contribution is 0.00745. The molecule has 1 aliphatic rings. The van der Waals surface area contributed by atoms with Crippen LogP contribution in [0.1, 0.15) is 52.0 Å². The fraction of sp³-hybridized carbons (Fsp3) is 0.706. The number of pyridine rings is 1. The zero-order valence-corrected chi connectivity index (χ0v) is 13.2. The van der Waals surface area contributed by atoms with E-state index in [9.17, 15) is 0 Å². The summed E-state index contributed by atoms with van der Waals surface area (Å²) in [5.74, 6) is 0. The average molecular weight is 275 g/mol. The second kappa shape index (κ2) is 6.23. The Kier molecular flexibility index (Phi) is 4.82. The summed E-state index contributed by atoms with van der Waals surface area (Å²) in [4.78, 5) is 6.69. The van der Waals surface area contributed by atoms with Crippen LogP contribution in [-0.4, -0.2) is 28.5 Å². The maximum Gasteiger partial charge on any atom is 0.0340 e. The summed E-state index contributed by atoms with van der Waals surface area (Å²) < 4.78 is 0. The van der Waals surface area contributed by atoms with Gasteiger partial charge >= 0.3 is 0 Å². The third kappa shape index (κ3) is 3.39. The van der Waals surface area contributed by atoms with Crippen LogP contribution >= 0.6 is 0 Å². The maximum absolute atomic E-state index is 6.24. The van der Waals surface area contributed by atoms with Crippen LogP contribution in [-0.2, 0) is 6.54 Å². The van der Waals surface area contributed by atoms with Crippen LogP contribution in [0.15, 0.2) is 24.5 Å². The highest BCUT2D eigenvalue weighted by Crippen LogP contribution is 2.43. The van der Waals surface area contributed by atoms with E-state index in [2.05, 4.69) is 42.8 Å². The number of nitrogens with zero attached hydrogens (tertiary/aromatic N) is 2. The number of hydrogen-bond donors (Lipinski definition) is 1. The van der Waals surface area contributed by atoms with Crippen LogP contribution in [0.2, 0.25) is 0 Å². The van der Waals surface area contributed by atoms with Crippen molar-refractivity contribution in [1.82, 2.24) is 9.88 Å². The summed E-state index contributed by atoms with van der Waals surface area (Å²) in [6.45, 7) is 9.81. The summed E-state index contributed by atoms with van der Waals surface area (Å²) >= 11 is 0. The first-order valence-electron chi connectivity index (χ1n) is 7.85. The molecule has 1 aromatic rings. The number of likely N-dealkylation sites (N-methyl/N-ethyl adjacent to an activating group) is 1. The summed E-state index contributed by atoms with van der Waals surface area (Å²) in [7, 11) is 0. The normalized spacial score (nSPS) is 25.9. The molecular weight excluding hydrogens is 246 g/mol. The molecule has 0 radical (unpaired) electrons. The Labute approximate surface area is 123 Å². The van der Waals surface area contributed by atoms with E-state index in [1.807, 2.05) is 12.4 Å². The van der Waals surface area contributed by atoms with E-state index in [1.165, 1.54) is 31.2 Å². The van der Waals surface area contributed by atoms with Crippen LogP contribution in [0.5, 0.6) is 0 Å². The van der Waals surface area contributed by atoms with Crippen molar-refractivity contribution in [3.8, 4) is 0 Å². The van der Waals surface area contributed by atoms with Gasteiger partial charge < -0.3 is 5.73 Å². The Bertz CT molecular complexity index is 416. The zero-order valence-electron chi connectivity index (χ0n) is 13.2. The van der Waals surface area contributed by atoms with E-state index in [1.54, 1.807) is 0 Å². The van der Waals surface area contributed by atoms with Gasteiger partial charge in [0.05, 0.1) is 0 Å². The van der Waals surface area contributed by atoms with Crippen molar-refractivity contribution in [3.05, 3.63) is 30.1 Å². The molecule has 0 saturated heterocycles. The first-order valence-corrected chi connectivity index (χ1v) is 7.85. The minimum atomic E-state index is 0.166. The second-order valence-corrected chi connectivity index (χ2v) is 6.99. The molecule has 20 heavy (non-hydrogen) atoms. The Morgan fingerprint density at radius 3 is 2.50 bits per heavy atom. The second-order valence-electron chi connectivity index (χ2n) is 6.99. The minimum Gasteiger partial charge on any atom is -0.329 e. The van der Waals surface area contributed by atoms with Gasteiger partial charge in [-0.1, -0.05) is 27.2 Å². The molecule has 0 spiro atoms. The van der Waals surface area contributed by atoms with E-state index in [0.29, 0.717) is 5.41 Å². The third-order valence-electron chi connectivity index (χ3n) is 4.86. The molecule has 3 nitrogen and oxygen atoms in total. The van der Waals surface area contributed by atoms with E-state index in [-0.39, 0.29) is 5.54 Å². The molecule has 3 heteroatoms. The van der Waals surface area contributed by atoms with E-state index in [4.69, 9.17) is 5.73 Å². The lowest BCUT2D eigenvalue weighted by atomic mass is 9.67. The average Bonchev–Trinajstić information content (AvgIpc) is 2.44. The predicted molar refractivity (Wildman–Crippen MR) is 84.4 cm³/mol. The highest BCUT2D eigenvalue weighted by Gasteiger charge is 2.42. The van der Waals surface area contributed by atoms with Gasteiger partial charge in [-0.2, -0.15) is 0 Å². The summed E-state index contributed by atoms with van der Waals surface area (Å²) in [6.07, 6.45) is 8.80. The van der Waals surface area contributed by atoms with Gasteiger partial charge in [0, 0.05) is 31.0 Å². The Morgan fingerprint density at radius 1 is 1.25 bits per heavy atom. The Hall–Kier alpha value is -0.930. The number of rotatable bonds is 5. The van der Waals surface area contributed by atoms with Crippen molar-refractivity contribution in [2.75, 3.05) is 13.1 Å². The van der Waals surface area contributed by atoms with E-state index < -0.39 is 0 Å². The van der Waals surface area contributed by atoms with Gasteiger partial charge in [-0.3, -0.25) is 9.88 Å². The van der Waals surface area contributed by atoms with Crippen molar-refractivity contribution in [2.45, 2.75) is 58.5 Å². The lowest BCUT2D eigenvalue weighted by Gasteiger charge is -2.51. The van der Waals surface area contributed by atoms with Crippen molar-refractivity contribution < 1.29 is 0 Å². The van der Waals surface area contributed by atoms with Gasteiger partial charge in [-0.05, 0) is 48.9 Å². The van der Waals surface area contributed by atoms with Crippen molar-refractivity contribution in [1.29, 1.82) is 0 Å². The Balaban J connectivity index is 2.19. The first kappa shape index (κ1) is 15.5. The number of hydrogen-bond acceptors (Lipinski definition) is 3. The molecule has 0 amide bonds. The molecule has 112 valence electrons. The fourth-order valence-corrected chi connectivity index (χ4v) is 3.86. The Morgan fingerprint density at radius 2 is 1.95 bits per heavy atom. The standard InChI is InChI=1S/C17H29N3/c1-4-20(12-15-6-10-19-11-7-15)17(14-18)9-5-8-16(2,3)13-17/h6-7,10-11H,4-5,8-9,12-14,18H2,1-3H3. The molecule has 2 rings (SSSR count). The van der Waals surface area contributed by atoms with Crippen molar-refractivity contribution in [2.24, 2.45) is 11.1 Å². The van der Waals surface area contributed by atoms with Crippen molar-refractivity contribution >= 4 is 0 Å². The van der Waals surface area contributed by atoms with E-state index in [0.717, 1.165) is 19.6 Å². The lowest BCUT2D eigenvalue weighted by Crippen LogP contribution is -2.57. The number of aromatic nitrogens is 1. The molecular formula is C17H29N3. The number of nitrogens with two attached hydrogens (primary N) is 1. The highest BCUT2D eigenvalue weighted by molar-refractivity contribution is 5.11. The molecule has 1 heterocycles. The first-order chi connectivity index (χ1) is 9.51. The molecule has 2 N–H and O–H groups in total. The molecule has 1 atom stereocenters. The van der Waals surface area contributed by atoms with E-state index >= 15 is 0 Å². The molecule has 1 saturated carbocycles. The minimum absolute atomic E-state index is 0.166. The van der Waals surface area contributed by atoms with Gasteiger partial charge in [0.25, 0.3) is 0 Å². The van der Waals surface area contributed by atoms with Crippen molar-refractivity contribution in [3.63, 3.8) is 0 Å². The van der Waals surface area contributed by atoms with Crippen LogP contribution in [0, 0.1) is 5.41 Å².